The summed E-state index contributed by atoms with van der Waals surface area (Å²) in [6, 6.07) is 0.242. The van der Waals surface area contributed by atoms with Gasteiger partial charge in [0.05, 0.1) is 18.9 Å². The molecule has 24 heavy (non-hydrogen) atoms. The van der Waals surface area contributed by atoms with Crippen LogP contribution in [0.3, 0.4) is 0 Å². The second kappa shape index (κ2) is 9.03. The molecule has 2 rings (SSSR count). The Morgan fingerprint density at radius 2 is 2.08 bits per heavy atom. The predicted octanol–water partition coefficient (Wildman–Crippen LogP) is 0.960. The molecule has 0 aromatic carbocycles. The Kier molecular flexibility index (Phi) is 7.05. The lowest BCUT2D eigenvalue weighted by Gasteiger charge is -2.29. The molecule has 1 saturated heterocycles. The molecule has 7 heteroatoms. The predicted molar refractivity (Wildman–Crippen MR) is 95.2 cm³/mol. The van der Waals surface area contributed by atoms with Gasteiger partial charge < -0.3 is 20.3 Å². The van der Waals surface area contributed by atoms with Gasteiger partial charge in [0.15, 0.2) is 0 Å². The van der Waals surface area contributed by atoms with Crippen LogP contribution >= 0.6 is 0 Å². The molecule has 1 aliphatic heterocycles. The van der Waals surface area contributed by atoms with Crippen LogP contribution in [0, 0.1) is 6.92 Å². The number of hydrogen-bond donors (Lipinski definition) is 2. The van der Waals surface area contributed by atoms with Gasteiger partial charge in [-0.1, -0.05) is 6.92 Å². The summed E-state index contributed by atoms with van der Waals surface area (Å²) < 4.78 is 7.39. The Bertz CT molecular complexity index is 537. The van der Waals surface area contributed by atoms with Crippen LogP contribution in [-0.4, -0.2) is 54.6 Å². The fourth-order valence-electron chi connectivity index (χ4n) is 2.93. The van der Waals surface area contributed by atoms with Crippen LogP contribution < -0.4 is 15.5 Å². The van der Waals surface area contributed by atoms with Crippen molar-refractivity contribution in [2.45, 2.75) is 46.2 Å². The molecule has 2 N–H and O–H groups in total. The summed E-state index contributed by atoms with van der Waals surface area (Å²) in [7, 11) is 1.99. The molecule has 0 spiro atoms. The lowest BCUT2D eigenvalue weighted by Crippen LogP contribution is -2.38. The molecule has 0 radical (unpaired) electrons. The molecule has 0 aliphatic carbocycles. The number of anilines is 1. The molecule has 0 unspecified atom stereocenters. The van der Waals surface area contributed by atoms with Crippen molar-refractivity contribution >= 4 is 11.7 Å². The van der Waals surface area contributed by atoms with E-state index in [4.69, 9.17) is 4.74 Å². The number of hydrogen-bond acceptors (Lipinski definition) is 5. The van der Waals surface area contributed by atoms with E-state index in [1.54, 1.807) is 0 Å². The minimum Gasteiger partial charge on any atom is -0.378 e. The molecule has 1 amide bonds. The average Bonchev–Trinajstić information content (AvgIpc) is 2.85. The van der Waals surface area contributed by atoms with Gasteiger partial charge in [-0.25, -0.2) is 0 Å². The van der Waals surface area contributed by atoms with E-state index >= 15 is 0 Å². The molecule has 1 aromatic rings. The maximum Gasteiger partial charge on any atom is 0.221 e. The standard InChI is InChI=1S/C17H31N5O2/c1-5-13(2)19-16(23)6-7-18-12-15-14(3)20-21(4)17(15)22-8-10-24-11-9-22/h13,18H,5-12H2,1-4H3,(H,19,23)/t13-/m0/s1. The van der Waals surface area contributed by atoms with Gasteiger partial charge in [0.1, 0.15) is 5.82 Å². The lowest BCUT2D eigenvalue weighted by atomic mass is 10.2. The molecule has 1 aromatic heterocycles. The summed E-state index contributed by atoms with van der Waals surface area (Å²) in [5, 5.41) is 10.9. The zero-order valence-electron chi connectivity index (χ0n) is 15.4. The number of rotatable bonds is 8. The number of aryl methyl sites for hydroxylation is 2. The van der Waals surface area contributed by atoms with Crippen LogP contribution in [0.5, 0.6) is 0 Å². The summed E-state index contributed by atoms with van der Waals surface area (Å²) in [4.78, 5) is 14.1. The van der Waals surface area contributed by atoms with Crippen LogP contribution in [0.1, 0.15) is 37.9 Å². The van der Waals surface area contributed by atoms with E-state index in [0.717, 1.165) is 50.8 Å². The van der Waals surface area contributed by atoms with E-state index in [1.807, 2.05) is 25.6 Å². The molecule has 0 saturated carbocycles. The van der Waals surface area contributed by atoms with Crippen molar-refractivity contribution in [2.24, 2.45) is 7.05 Å². The van der Waals surface area contributed by atoms with Gasteiger partial charge in [-0.15, -0.1) is 0 Å². The van der Waals surface area contributed by atoms with Crippen LogP contribution in [0.2, 0.25) is 0 Å². The topological polar surface area (TPSA) is 71.4 Å². The fourth-order valence-corrected chi connectivity index (χ4v) is 2.93. The molecule has 136 valence electrons. The first-order valence-electron chi connectivity index (χ1n) is 8.88. The first-order valence-corrected chi connectivity index (χ1v) is 8.88. The van der Waals surface area contributed by atoms with Crippen molar-refractivity contribution in [2.75, 3.05) is 37.7 Å². The highest BCUT2D eigenvalue weighted by Gasteiger charge is 2.21. The van der Waals surface area contributed by atoms with E-state index in [2.05, 4.69) is 27.6 Å². The molecule has 1 aliphatic rings. The van der Waals surface area contributed by atoms with Gasteiger partial charge in [0.25, 0.3) is 0 Å². The van der Waals surface area contributed by atoms with Gasteiger partial charge in [-0.3, -0.25) is 9.48 Å². The largest absolute Gasteiger partial charge is 0.378 e. The van der Waals surface area contributed by atoms with Crippen LogP contribution in [-0.2, 0) is 23.1 Å². The molecular weight excluding hydrogens is 306 g/mol. The number of carbonyl (C=O) groups excluding carboxylic acids is 1. The maximum atomic E-state index is 11.8. The van der Waals surface area contributed by atoms with E-state index in [0.29, 0.717) is 13.0 Å². The normalized spacial score (nSPS) is 16.2. The molecule has 7 nitrogen and oxygen atoms in total. The third kappa shape index (κ3) is 4.95. The number of aromatic nitrogens is 2. The quantitative estimate of drug-likeness (QED) is 0.692. The minimum atomic E-state index is 0.105. The van der Waals surface area contributed by atoms with Crippen molar-refractivity contribution in [3.8, 4) is 0 Å². The third-order valence-electron chi connectivity index (χ3n) is 4.47. The number of nitrogens with zero attached hydrogens (tertiary/aromatic N) is 3. The Labute approximate surface area is 144 Å². The molecule has 1 atom stereocenters. The van der Waals surface area contributed by atoms with Gasteiger partial charge >= 0.3 is 0 Å². The Morgan fingerprint density at radius 3 is 2.75 bits per heavy atom. The van der Waals surface area contributed by atoms with E-state index in [1.165, 1.54) is 5.56 Å². The Hall–Kier alpha value is -1.60. The second-order valence-electron chi connectivity index (χ2n) is 6.41. The van der Waals surface area contributed by atoms with Crippen molar-refractivity contribution < 1.29 is 9.53 Å². The monoisotopic (exact) mass is 337 g/mol. The van der Waals surface area contributed by atoms with Gasteiger partial charge in [0.2, 0.25) is 5.91 Å². The second-order valence-corrected chi connectivity index (χ2v) is 6.41. The number of ether oxygens (including phenoxy) is 1. The summed E-state index contributed by atoms with van der Waals surface area (Å²) in [5.41, 5.74) is 2.25. The third-order valence-corrected chi connectivity index (χ3v) is 4.47. The summed E-state index contributed by atoms with van der Waals surface area (Å²) >= 11 is 0. The highest BCUT2D eigenvalue weighted by Crippen LogP contribution is 2.23. The van der Waals surface area contributed by atoms with Crippen molar-refractivity contribution in [3.05, 3.63) is 11.3 Å². The van der Waals surface area contributed by atoms with E-state index in [9.17, 15) is 4.79 Å². The minimum absolute atomic E-state index is 0.105. The molecule has 1 fully saturated rings. The average molecular weight is 337 g/mol. The molecule has 2 heterocycles. The number of amides is 1. The smallest absolute Gasteiger partial charge is 0.221 e. The zero-order chi connectivity index (χ0) is 17.5. The lowest BCUT2D eigenvalue weighted by molar-refractivity contribution is -0.121. The van der Waals surface area contributed by atoms with Gasteiger partial charge in [0, 0.05) is 51.3 Å². The number of nitrogens with one attached hydrogen (secondary N) is 2. The summed E-state index contributed by atoms with van der Waals surface area (Å²) in [5.74, 6) is 1.26. The highest BCUT2D eigenvalue weighted by atomic mass is 16.5. The Balaban J connectivity index is 1.87. The van der Waals surface area contributed by atoms with Crippen LogP contribution in [0.25, 0.3) is 0 Å². The summed E-state index contributed by atoms with van der Waals surface area (Å²) in [6.45, 7) is 10.8. The number of morpholine rings is 1. The molecule has 0 bridgehead atoms. The highest BCUT2D eigenvalue weighted by molar-refractivity contribution is 5.76. The van der Waals surface area contributed by atoms with Crippen LogP contribution in [0.15, 0.2) is 0 Å². The first kappa shape index (κ1) is 18.7. The van der Waals surface area contributed by atoms with Crippen molar-refractivity contribution in [1.29, 1.82) is 0 Å². The van der Waals surface area contributed by atoms with Crippen molar-refractivity contribution in [3.63, 3.8) is 0 Å². The van der Waals surface area contributed by atoms with Crippen LogP contribution in [0.4, 0.5) is 5.82 Å². The van der Waals surface area contributed by atoms with Crippen molar-refractivity contribution in [1.82, 2.24) is 20.4 Å². The molecular formula is C17H31N5O2. The fraction of sp³-hybridized carbons (Fsp3) is 0.765. The van der Waals surface area contributed by atoms with Gasteiger partial charge in [-0.05, 0) is 20.3 Å². The van der Waals surface area contributed by atoms with E-state index in [-0.39, 0.29) is 11.9 Å². The maximum absolute atomic E-state index is 11.8. The van der Waals surface area contributed by atoms with Gasteiger partial charge in [-0.2, -0.15) is 5.10 Å². The SMILES string of the molecule is CC[C@H](C)NC(=O)CCNCc1c(C)nn(C)c1N1CCOCC1. The summed E-state index contributed by atoms with van der Waals surface area (Å²) in [6.07, 6.45) is 1.45. The Morgan fingerprint density at radius 1 is 1.38 bits per heavy atom. The number of carbonyl (C=O) groups is 1. The first-order chi connectivity index (χ1) is 11.5. The van der Waals surface area contributed by atoms with E-state index < -0.39 is 0 Å². The zero-order valence-corrected chi connectivity index (χ0v) is 15.4.